The van der Waals surface area contributed by atoms with E-state index < -0.39 is 0 Å². The van der Waals surface area contributed by atoms with Crippen LogP contribution < -0.4 is 9.30 Å². The van der Waals surface area contributed by atoms with Crippen molar-refractivity contribution in [3.8, 4) is 39.8 Å². The number of halogens is 1. The molecule has 3 aromatic heterocycles. The SMILES string of the molecule is CC(C)(C)c1cc(-[n+]2cn(-c3cccc(Oc4ccc5c6cc(-c7cccc(F)c7)ccc6n(-c6cc(C(C)(C)C)ccn6)c5c4)c3)c3ccccc32)cc(C(C)(C)C)c1. The minimum Gasteiger partial charge on any atom is -0.457 e. The summed E-state index contributed by atoms with van der Waals surface area (Å²) in [5.74, 6) is 2.01. The number of para-hydroxylation sites is 2. The lowest BCUT2D eigenvalue weighted by Gasteiger charge is -2.25. The van der Waals surface area contributed by atoms with Crippen molar-refractivity contribution < 1.29 is 13.7 Å². The Morgan fingerprint density at radius 3 is 1.97 bits per heavy atom. The van der Waals surface area contributed by atoms with Gasteiger partial charge in [0, 0.05) is 29.1 Å². The van der Waals surface area contributed by atoms with Gasteiger partial charge in [-0.25, -0.2) is 9.37 Å². The number of rotatable bonds is 6. The molecule has 0 fully saturated rings. The van der Waals surface area contributed by atoms with Gasteiger partial charge in [-0.05, 0) is 129 Å². The number of hydrogen-bond acceptors (Lipinski definition) is 2. The quantitative estimate of drug-likeness (QED) is 0.157. The van der Waals surface area contributed by atoms with E-state index in [2.05, 4.69) is 179 Å². The molecule has 0 N–H and O–H groups in total. The highest BCUT2D eigenvalue weighted by molar-refractivity contribution is 6.10. The Balaban J connectivity index is 1.14. The molecule has 0 amide bonds. The first-order valence-electron chi connectivity index (χ1n) is 20.8. The van der Waals surface area contributed by atoms with Gasteiger partial charge in [-0.3, -0.25) is 4.57 Å². The second kappa shape index (κ2) is 14.3. The second-order valence-electron chi connectivity index (χ2n) is 19.1. The Morgan fingerprint density at radius 2 is 1.23 bits per heavy atom. The molecule has 9 rings (SSSR count). The molecule has 0 atom stereocenters. The third kappa shape index (κ3) is 7.25. The first kappa shape index (κ1) is 39.0. The third-order valence-corrected chi connectivity index (χ3v) is 11.6. The fraction of sp³-hybridized carbons (Fsp3) is 0.222. The standard InChI is InChI=1S/C54H52FN4O/c1-52(2,3)37-24-25-56-51(31-37)59-47-23-20-36(35-14-12-15-40(55)26-35)27-46(47)45-22-21-44(33-50(45)59)60-43-17-13-16-41(32-43)57-34-58(49-19-11-10-18-48(49)57)42-29-38(53(4,5)6)28-39(30-42)54(7,8)9/h10-34H,1-9H3/q+1. The van der Waals surface area contributed by atoms with Crippen LogP contribution in [0.15, 0.2) is 152 Å². The molecule has 5 nitrogen and oxygen atoms in total. The number of ether oxygens (including phenoxy) is 1. The van der Waals surface area contributed by atoms with Crippen molar-refractivity contribution in [1.82, 2.24) is 14.1 Å². The van der Waals surface area contributed by atoms with E-state index in [1.54, 1.807) is 12.1 Å². The summed E-state index contributed by atoms with van der Waals surface area (Å²) in [4.78, 5) is 4.90. The van der Waals surface area contributed by atoms with E-state index in [1.165, 1.54) is 22.8 Å². The van der Waals surface area contributed by atoms with Crippen molar-refractivity contribution in [2.45, 2.75) is 78.6 Å². The van der Waals surface area contributed by atoms with Crippen LogP contribution in [-0.4, -0.2) is 14.1 Å². The van der Waals surface area contributed by atoms with E-state index in [0.29, 0.717) is 5.75 Å². The van der Waals surface area contributed by atoms with Gasteiger partial charge in [0.05, 0.1) is 11.0 Å². The monoisotopic (exact) mass is 791 g/mol. The summed E-state index contributed by atoms with van der Waals surface area (Å²) in [6, 6.07) is 47.5. The molecule has 0 unspecified atom stereocenters. The summed E-state index contributed by atoms with van der Waals surface area (Å²) >= 11 is 0. The van der Waals surface area contributed by atoms with Crippen LogP contribution in [0.2, 0.25) is 0 Å². The molecular weight excluding hydrogens is 740 g/mol. The molecule has 0 saturated carbocycles. The Morgan fingerprint density at radius 1 is 0.533 bits per heavy atom. The number of aromatic nitrogens is 4. The van der Waals surface area contributed by atoms with E-state index in [9.17, 15) is 4.39 Å². The van der Waals surface area contributed by atoms with Gasteiger partial charge in [0.15, 0.2) is 11.0 Å². The molecule has 3 heterocycles. The topological polar surface area (TPSA) is 35.9 Å². The van der Waals surface area contributed by atoms with Crippen molar-refractivity contribution in [2.75, 3.05) is 0 Å². The summed E-state index contributed by atoms with van der Waals surface area (Å²) in [6.07, 6.45) is 4.08. The van der Waals surface area contributed by atoms with Crippen LogP contribution in [0.3, 0.4) is 0 Å². The molecule has 60 heavy (non-hydrogen) atoms. The van der Waals surface area contributed by atoms with Crippen LogP contribution in [-0.2, 0) is 16.2 Å². The minimum absolute atomic E-state index is 0.00321. The lowest BCUT2D eigenvalue weighted by molar-refractivity contribution is -0.567. The van der Waals surface area contributed by atoms with Gasteiger partial charge in [-0.1, -0.05) is 105 Å². The molecule has 300 valence electrons. The summed E-state index contributed by atoms with van der Waals surface area (Å²) in [6.45, 7) is 20.3. The molecule has 9 aromatic rings. The van der Waals surface area contributed by atoms with Crippen LogP contribution in [0.5, 0.6) is 11.5 Å². The molecule has 0 saturated heterocycles. The van der Waals surface area contributed by atoms with E-state index in [0.717, 1.165) is 66.9 Å². The molecule has 0 bridgehead atoms. The largest absolute Gasteiger partial charge is 0.457 e. The third-order valence-electron chi connectivity index (χ3n) is 11.6. The predicted octanol–water partition coefficient (Wildman–Crippen LogP) is 13.9. The smallest absolute Gasteiger partial charge is 0.255 e. The molecule has 0 spiro atoms. The summed E-state index contributed by atoms with van der Waals surface area (Å²) in [7, 11) is 0. The maximum Gasteiger partial charge on any atom is 0.255 e. The number of benzene rings is 6. The van der Waals surface area contributed by atoms with Gasteiger partial charge in [0.25, 0.3) is 6.33 Å². The van der Waals surface area contributed by atoms with Crippen LogP contribution >= 0.6 is 0 Å². The van der Waals surface area contributed by atoms with Gasteiger partial charge < -0.3 is 4.74 Å². The summed E-state index contributed by atoms with van der Waals surface area (Å²) in [5, 5.41) is 2.11. The van der Waals surface area contributed by atoms with Crippen LogP contribution in [0.4, 0.5) is 4.39 Å². The minimum atomic E-state index is -0.256. The van der Waals surface area contributed by atoms with Crippen molar-refractivity contribution >= 4 is 32.8 Å². The van der Waals surface area contributed by atoms with Gasteiger partial charge in [-0.2, -0.15) is 9.13 Å². The predicted molar refractivity (Wildman–Crippen MR) is 245 cm³/mol. The van der Waals surface area contributed by atoms with E-state index in [-0.39, 0.29) is 22.1 Å². The van der Waals surface area contributed by atoms with Crippen LogP contribution in [0.1, 0.15) is 79.0 Å². The van der Waals surface area contributed by atoms with Crippen molar-refractivity contribution in [1.29, 1.82) is 0 Å². The number of imidazole rings is 1. The average molecular weight is 792 g/mol. The number of pyridine rings is 1. The Labute approximate surface area is 352 Å². The zero-order chi connectivity index (χ0) is 42.1. The fourth-order valence-corrected chi connectivity index (χ4v) is 8.14. The normalized spacial score (nSPS) is 12.5. The van der Waals surface area contributed by atoms with Gasteiger partial charge in [-0.15, -0.1) is 0 Å². The van der Waals surface area contributed by atoms with E-state index in [4.69, 9.17) is 9.72 Å². The molecule has 0 aliphatic heterocycles. The summed E-state index contributed by atoms with van der Waals surface area (Å²) in [5.41, 5.74) is 11.9. The number of fused-ring (bicyclic) bond motifs is 4. The number of nitrogens with zero attached hydrogens (tertiary/aromatic N) is 4. The molecule has 6 aromatic carbocycles. The molecular formula is C54H52FN4O+. The molecule has 0 aliphatic carbocycles. The Bertz CT molecular complexity index is 3060. The lowest BCUT2D eigenvalue weighted by atomic mass is 9.80. The lowest BCUT2D eigenvalue weighted by Crippen LogP contribution is -2.31. The average Bonchev–Trinajstić information content (AvgIpc) is 3.76. The maximum absolute atomic E-state index is 14.3. The second-order valence-corrected chi connectivity index (χ2v) is 19.1. The van der Waals surface area contributed by atoms with Crippen molar-refractivity contribution in [3.63, 3.8) is 0 Å². The number of hydrogen-bond donors (Lipinski definition) is 0. The molecule has 0 aliphatic rings. The van der Waals surface area contributed by atoms with E-state index >= 15 is 0 Å². The zero-order valence-corrected chi connectivity index (χ0v) is 36.0. The first-order chi connectivity index (χ1) is 28.5. The van der Waals surface area contributed by atoms with Gasteiger partial charge in [0.1, 0.15) is 34.5 Å². The van der Waals surface area contributed by atoms with Crippen LogP contribution in [0, 0.1) is 5.82 Å². The maximum atomic E-state index is 14.3. The Hall–Kier alpha value is -6.53. The van der Waals surface area contributed by atoms with E-state index in [1.807, 2.05) is 30.5 Å². The highest BCUT2D eigenvalue weighted by atomic mass is 19.1. The van der Waals surface area contributed by atoms with Gasteiger partial charge in [0.2, 0.25) is 0 Å². The van der Waals surface area contributed by atoms with Crippen LogP contribution in [0.25, 0.3) is 61.2 Å². The summed E-state index contributed by atoms with van der Waals surface area (Å²) < 4.78 is 27.8. The zero-order valence-electron chi connectivity index (χ0n) is 36.0. The van der Waals surface area contributed by atoms with Gasteiger partial charge >= 0.3 is 0 Å². The molecule has 0 radical (unpaired) electrons. The molecule has 6 heteroatoms. The Kier molecular flexibility index (Phi) is 9.31. The van der Waals surface area contributed by atoms with Crippen molar-refractivity contribution in [3.05, 3.63) is 175 Å². The highest BCUT2D eigenvalue weighted by Crippen LogP contribution is 2.38. The first-order valence-corrected chi connectivity index (χ1v) is 20.8. The van der Waals surface area contributed by atoms with Crippen molar-refractivity contribution in [2.24, 2.45) is 0 Å². The fourth-order valence-electron chi connectivity index (χ4n) is 8.14. The highest BCUT2D eigenvalue weighted by Gasteiger charge is 2.26.